The number of benzene rings is 1. The van der Waals surface area contributed by atoms with Gasteiger partial charge < -0.3 is 10.1 Å². The second-order valence-corrected chi connectivity index (χ2v) is 8.75. The van der Waals surface area contributed by atoms with Crippen molar-refractivity contribution >= 4 is 40.4 Å². The SMILES string of the molecule is CC(C)c1cc(C(=O)OCC(=O)Nc2ccccc2SCC#N)c2cnn(C(C)C)c2n1. The fourth-order valence-electron chi connectivity index (χ4n) is 3.08. The summed E-state index contributed by atoms with van der Waals surface area (Å²) in [6.45, 7) is 7.54. The molecule has 3 aromatic rings. The predicted molar refractivity (Wildman–Crippen MR) is 124 cm³/mol. The highest BCUT2D eigenvalue weighted by Crippen LogP contribution is 2.27. The Balaban J connectivity index is 1.77. The minimum atomic E-state index is -0.607. The van der Waals surface area contributed by atoms with E-state index < -0.39 is 18.5 Å². The van der Waals surface area contributed by atoms with Crippen molar-refractivity contribution in [3.8, 4) is 6.07 Å². The number of pyridine rings is 1. The van der Waals surface area contributed by atoms with Gasteiger partial charge in [-0.2, -0.15) is 10.4 Å². The van der Waals surface area contributed by atoms with Crippen molar-refractivity contribution in [2.75, 3.05) is 17.7 Å². The third-order valence-corrected chi connectivity index (χ3v) is 5.62. The van der Waals surface area contributed by atoms with Crippen LogP contribution in [0.2, 0.25) is 0 Å². The quantitative estimate of drug-likeness (QED) is 0.395. The number of esters is 1. The van der Waals surface area contributed by atoms with Crippen LogP contribution in [0.5, 0.6) is 0 Å². The average molecular weight is 452 g/mol. The van der Waals surface area contributed by atoms with Crippen LogP contribution in [-0.4, -0.2) is 39.0 Å². The van der Waals surface area contributed by atoms with Gasteiger partial charge in [-0.05, 0) is 38.0 Å². The molecule has 0 atom stereocenters. The number of nitrogens with one attached hydrogen (secondary N) is 1. The first-order valence-corrected chi connectivity index (χ1v) is 11.2. The lowest BCUT2D eigenvalue weighted by molar-refractivity contribution is -0.119. The summed E-state index contributed by atoms with van der Waals surface area (Å²) < 4.78 is 7.09. The van der Waals surface area contributed by atoms with Gasteiger partial charge in [0.15, 0.2) is 12.3 Å². The summed E-state index contributed by atoms with van der Waals surface area (Å²) in [5.41, 5.74) is 2.27. The fraction of sp³-hybridized carbons (Fsp3) is 0.348. The molecule has 0 aliphatic rings. The number of thioether (sulfide) groups is 1. The van der Waals surface area contributed by atoms with Crippen molar-refractivity contribution in [3.63, 3.8) is 0 Å². The van der Waals surface area contributed by atoms with Gasteiger partial charge in [0.2, 0.25) is 0 Å². The fourth-order valence-corrected chi connectivity index (χ4v) is 3.75. The minimum Gasteiger partial charge on any atom is -0.452 e. The van der Waals surface area contributed by atoms with Crippen LogP contribution in [0.4, 0.5) is 5.69 Å². The number of amides is 1. The Hall–Kier alpha value is -3.38. The van der Waals surface area contributed by atoms with Crippen molar-refractivity contribution in [3.05, 3.63) is 47.8 Å². The highest BCUT2D eigenvalue weighted by atomic mass is 32.2. The van der Waals surface area contributed by atoms with Gasteiger partial charge in [-0.3, -0.25) is 4.79 Å². The molecule has 0 aliphatic heterocycles. The molecule has 0 bridgehead atoms. The maximum absolute atomic E-state index is 12.9. The van der Waals surface area contributed by atoms with Gasteiger partial charge in [-0.25, -0.2) is 14.5 Å². The lowest BCUT2D eigenvalue weighted by atomic mass is 10.1. The summed E-state index contributed by atoms with van der Waals surface area (Å²) >= 11 is 1.32. The van der Waals surface area contributed by atoms with Crippen molar-refractivity contribution in [2.45, 2.75) is 44.6 Å². The number of fused-ring (bicyclic) bond motifs is 1. The Morgan fingerprint density at radius 3 is 2.69 bits per heavy atom. The predicted octanol–water partition coefficient (Wildman–Crippen LogP) is 4.55. The first-order valence-electron chi connectivity index (χ1n) is 10.3. The molecule has 0 unspecified atom stereocenters. The molecule has 1 amide bonds. The highest BCUT2D eigenvalue weighted by Gasteiger charge is 2.21. The first-order chi connectivity index (χ1) is 15.3. The smallest absolute Gasteiger partial charge is 0.339 e. The number of nitrogens with zero attached hydrogens (tertiary/aromatic N) is 4. The summed E-state index contributed by atoms with van der Waals surface area (Å²) in [4.78, 5) is 30.7. The van der Waals surface area contributed by atoms with E-state index in [1.165, 1.54) is 11.8 Å². The van der Waals surface area contributed by atoms with Crippen LogP contribution < -0.4 is 5.32 Å². The van der Waals surface area contributed by atoms with Gasteiger partial charge >= 0.3 is 5.97 Å². The molecule has 2 heterocycles. The van der Waals surface area contributed by atoms with Gasteiger partial charge in [0.05, 0.1) is 34.7 Å². The zero-order valence-corrected chi connectivity index (χ0v) is 19.3. The largest absolute Gasteiger partial charge is 0.452 e. The van der Waals surface area contributed by atoms with Gasteiger partial charge in [0.25, 0.3) is 5.91 Å². The van der Waals surface area contributed by atoms with Crippen LogP contribution in [0.3, 0.4) is 0 Å². The summed E-state index contributed by atoms with van der Waals surface area (Å²) in [5.74, 6) is -0.699. The monoisotopic (exact) mass is 451 g/mol. The molecule has 0 spiro atoms. The lowest BCUT2D eigenvalue weighted by Gasteiger charge is -2.12. The molecule has 1 aromatic carbocycles. The number of nitriles is 1. The number of rotatable bonds is 8. The number of anilines is 1. The van der Waals surface area contributed by atoms with E-state index in [0.29, 0.717) is 22.3 Å². The number of hydrogen-bond donors (Lipinski definition) is 1. The molecule has 166 valence electrons. The normalized spacial score (nSPS) is 11.0. The minimum absolute atomic E-state index is 0.0797. The molecule has 3 rings (SSSR count). The average Bonchev–Trinajstić information content (AvgIpc) is 3.20. The van der Waals surface area contributed by atoms with E-state index in [1.807, 2.05) is 39.8 Å². The van der Waals surface area contributed by atoms with E-state index in [1.54, 1.807) is 29.1 Å². The Labute approximate surface area is 191 Å². The molecular formula is C23H25N5O3S. The number of carbonyl (C=O) groups is 2. The van der Waals surface area contributed by atoms with E-state index >= 15 is 0 Å². The maximum atomic E-state index is 12.9. The zero-order chi connectivity index (χ0) is 23.3. The molecule has 9 heteroatoms. The third kappa shape index (κ3) is 5.26. The van der Waals surface area contributed by atoms with E-state index in [9.17, 15) is 9.59 Å². The zero-order valence-electron chi connectivity index (χ0n) is 18.5. The van der Waals surface area contributed by atoms with Gasteiger partial charge in [-0.1, -0.05) is 26.0 Å². The summed E-state index contributed by atoms with van der Waals surface area (Å²) in [5, 5.41) is 16.5. The maximum Gasteiger partial charge on any atom is 0.339 e. The summed E-state index contributed by atoms with van der Waals surface area (Å²) in [6, 6.07) is 11.0. The molecule has 0 aliphatic carbocycles. The molecule has 0 saturated heterocycles. The molecule has 0 saturated carbocycles. The van der Waals surface area contributed by atoms with Crippen LogP contribution in [0.1, 0.15) is 55.7 Å². The number of carbonyl (C=O) groups excluding carboxylic acids is 2. The molecule has 2 aromatic heterocycles. The number of para-hydroxylation sites is 1. The summed E-state index contributed by atoms with van der Waals surface area (Å²) in [6.07, 6.45) is 1.60. The number of aromatic nitrogens is 3. The molecule has 8 nitrogen and oxygen atoms in total. The van der Waals surface area contributed by atoms with Crippen molar-refractivity contribution < 1.29 is 14.3 Å². The molecule has 1 N–H and O–H groups in total. The third-order valence-electron chi connectivity index (χ3n) is 4.67. The number of hydrogen-bond acceptors (Lipinski definition) is 7. The van der Waals surface area contributed by atoms with Crippen LogP contribution in [0.15, 0.2) is 41.4 Å². The highest BCUT2D eigenvalue weighted by molar-refractivity contribution is 7.99. The van der Waals surface area contributed by atoms with Crippen LogP contribution in [0.25, 0.3) is 11.0 Å². The van der Waals surface area contributed by atoms with Gasteiger partial charge in [-0.15, -0.1) is 11.8 Å². The van der Waals surface area contributed by atoms with Crippen LogP contribution in [0, 0.1) is 11.3 Å². The van der Waals surface area contributed by atoms with Crippen molar-refractivity contribution in [2.24, 2.45) is 0 Å². The van der Waals surface area contributed by atoms with Crippen LogP contribution >= 0.6 is 11.8 Å². The van der Waals surface area contributed by atoms with E-state index in [-0.39, 0.29) is 17.7 Å². The Morgan fingerprint density at radius 1 is 1.25 bits per heavy atom. The lowest BCUT2D eigenvalue weighted by Crippen LogP contribution is -2.21. The first kappa shape index (κ1) is 23.3. The topological polar surface area (TPSA) is 110 Å². The summed E-state index contributed by atoms with van der Waals surface area (Å²) in [7, 11) is 0. The Kier molecular flexibility index (Phi) is 7.49. The van der Waals surface area contributed by atoms with Crippen LogP contribution in [-0.2, 0) is 9.53 Å². The standard InChI is InChI=1S/C23H25N5O3S/c1-14(2)19-11-16(17-12-25-28(15(3)4)22(17)27-19)23(30)31-13-21(29)26-18-7-5-6-8-20(18)32-10-9-24/h5-8,11-12,14-15H,10,13H2,1-4H3,(H,26,29). The second-order valence-electron chi connectivity index (χ2n) is 7.74. The van der Waals surface area contributed by atoms with E-state index in [2.05, 4.69) is 21.5 Å². The van der Waals surface area contributed by atoms with Crippen molar-refractivity contribution in [1.82, 2.24) is 14.8 Å². The van der Waals surface area contributed by atoms with E-state index in [4.69, 9.17) is 10.00 Å². The molecule has 0 radical (unpaired) electrons. The molecular weight excluding hydrogens is 426 g/mol. The Morgan fingerprint density at radius 2 is 2.00 bits per heavy atom. The molecule has 32 heavy (non-hydrogen) atoms. The van der Waals surface area contributed by atoms with Gasteiger partial charge in [0.1, 0.15) is 0 Å². The van der Waals surface area contributed by atoms with E-state index in [0.717, 1.165) is 10.6 Å². The second kappa shape index (κ2) is 10.3. The Bertz CT molecular complexity index is 1180. The van der Waals surface area contributed by atoms with Gasteiger partial charge in [0, 0.05) is 16.6 Å². The molecule has 0 fully saturated rings. The van der Waals surface area contributed by atoms with Crippen molar-refractivity contribution in [1.29, 1.82) is 5.26 Å². The number of ether oxygens (including phenoxy) is 1.